The molecule has 1 N–H and O–H groups in total. The average molecular weight is 151 g/mol. The molecule has 0 saturated heterocycles. The summed E-state index contributed by atoms with van der Waals surface area (Å²) < 4.78 is 0. The maximum absolute atomic E-state index is 11.2. The Kier molecular flexibility index (Phi) is 2.21. The van der Waals surface area contributed by atoms with E-state index in [-0.39, 0.29) is 5.91 Å². The van der Waals surface area contributed by atoms with Crippen molar-refractivity contribution in [2.24, 2.45) is 0 Å². The zero-order valence-corrected chi connectivity index (χ0v) is 6.66. The molecule has 0 bridgehead atoms. The molecular formula is C8H11N2O+. The van der Waals surface area contributed by atoms with E-state index in [1.165, 1.54) is 4.90 Å². The Morgan fingerprint density at radius 2 is 2.18 bits per heavy atom. The number of aromatic amines is 1. The Bertz CT molecular complexity index is 244. The number of pyridine rings is 1. The number of nitrogens with one attached hydrogen (secondary N) is 1. The van der Waals surface area contributed by atoms with E-state index in [1.807, 2.05) is 12.1 Å². The minimum absolute atomic E-state index is 0.00870. The van der Waals surface area contributed by atoms with Crippen molar-refractivity contribution in [3.8, 4) is 0 Å². The number of nitrogens with zero attached hydrogens (tertiary/aromatic N) is 1. The topological polar surface area (TPSA) is 34.5 Å². The van der Waals surface area contributed by atoms with Crippen molar-refractivity contribution in [1.82, 2.24) is 4.90 Å². The summed E-state index contributed by atoms with van der Waals surface area (Å²) in [5.41, 5.74) is 0.609. The lowest BCUT2D eigenvalue weighted by molar-refractivity contribution is -0.382. The van der Waals surface area contributed by atoms with Gasteiger partial charge in [0.05, 0.1) is 0 Å². The van der Waals surface area contributed by atoms with Crippen LogP contribution in [-0.2, 0) is 0 Å². The molecule has 1 aromatic rings. The first-order valence-corrected chi connectivity index (χ1v) is 3.40. The lowest BCUT2D eigenvalue weighted by Gasteiger charge is -2.04. The van der Waals surface area contributed by atoms with Gasteiger partial charge in [-0.3, -0.25) is 4.79 Å². The van der Waals surface area contributed by atoms with Crippen molar-refractivity contribution in [3.63, 3.8) is 0 Å². The number of hydrogen-bond acceptors (Lipinski definition) is 1. The molecule has 1 rings (SSSR count). The van der Waals surface area contributed by atoms with Crippen LogP contribution in [0.15, 0.2) is 24.4 Å². The maximum Gasteiger partial charge on any atom is 0.318 e. The highest BCUT2D eigenvalue weighted by Gasteiger charge is 2.12. The molecule has 0 aliphatic rings. The van der Waals surface area contributed by atoms with Crippen LogP contribution < -0.4 is 4.98 Å². The van der Waals surface area contributed by atoms with Gasteiger partial charge in [-0.1, -0.05) is 0 Å². The van der Waals surface area contributed by atoms with Gasteiger partial charge in [0.2, 0.25) is 0 Å². The fourth-order valence-corrected chi connectivity index (χ4v) is 0.767. The Hall–Kier alpha value is -1.38. The SMILES string of the molecule is CN(C)C(=O)c1cccc[nH+]1. The van der Waals surface area contributed by atoms with E-state index in [0.29, 0.717) is 5.69 Å². The summed E-state index contributed by atoms with van der Waals surface area (Å²) in [7, 11) is 3.45. The fourth-order valence-electron chi connectivity index (χ4n) is 0.767. The molecule has 0 atom stereocenters. The molecule has 3 nitrogen and oxygen atoms in total. The second kappa shape index (κ2) is 3.14. The van der Waals surface area contributed by atoms with Crippen molar-refractivity contribution in [1.29, 1.82) is 0 Å². The van der Waals surface area contributed by atoms with E-state index in [2.05, 4.69) is 4.98 Å². The second-order valence-corrected chi connectivity index (χ2v) is 2.48. The van der Waals surface area contributed by atoms with Crippen LogP contribution in [-0.4, -0.2) is 24.9 Å². The Balaban J connectivity index is 2.86. The molecule has 1 amide bonds. The third-order valence-electron chi connectivity index (χ3n) is 1.35. The quantitative estimate of drug-likeness (QED) is 0.564. The van der Waals surface area contributed by atoms with Crippen LogP contribution in [0.4, 0.5) is 0 Å². The number of H-pyrrole nitrogens is 1. The molecule has 0 aliphatic carbocycles. The normalized spacial score (nSPS) is 9.27. The van der Waals surface area contributed by atoms with E-state index >= 15 is 0 Å². The minimum atomic E-state index is -0.00870. The molecule has 11 heavy (non-hydrogen) atoms. The van der Waals surface area contributed by atoms with Crippen LogP contribution in [0.5, 0.6) is 0 Å². The molecule has 3 heteroatoms. The number of carbonyl (C=O) groups is 1. The maximum atomic E-state index is 11.2. The summed E-state index contributed by atoms with van der Waals surface area (Å²) in [5.74, 6) is -0.00870. The van der Waals surface area contributed by atoms with Crippen LogP contribution in [0.25, 0.3) is 0 Å². The van der Waals surface area contributed by atoms with Crippen LogP contribution in [0.3, 0.4) is 0 Å². The molecule has 0 aromatic carbocycles. The molecule has 0 radical (unpaired) electrons. The van der Waals surface area contributed by atoms with Crippen molar-refractivity contribution in [2.45, 2.75) is 0 Å². The molecule has 1 aromatic heterocycles. The Labute approximate surface area is 65.7 Å². The van der Waals surface area contributed by atoms with Crippen molar-refractivity contribution >= 4 is 5.91 Å². The zero-order valence-electron chi connectivity index (χ0n) is 6.66. The van der Waals surface area contributed by atoms with E-state index in [1.54, 1.807) is 26.4 Å². The van der Waals surface area contributed by atoms with Crippen LogP contribution >= 0.6 is 0 Å². The molecule has 0 saturated carbocycles. The lowest BCUT2D eigenvalue weighted by atomic mass is 10.3. The largest absolute Gasteiger partial charge is 0.340 e. The lowest BCUT2D eigenvalue weighted by Crippen LogP contribution is -2.28. The van der Waals surface area contributed by atoms with E-state index in [4.69, 9.17) is 0 Å². The Morgan fingerprint density at radius 3 is 2.64 bits per heavy atom. The first-order valence-electron chi connectivity index (χ1n) is 3.40. The molecule has 0 fully saturated rings. The summed E-state index contributed by atoms with van der Waals surface area (Å²) in [6.45, 7) is 0. The summed E-state index contributed by atoms with van der Waals surface area (Å²) in [4.78, 5) is 15.6. The predicted molar refractivity (Wildman–Crippen MR) is 41.0 cm³/mol. The van der Waals surface area contributed by atoms with Gasteiger partial charge in [0.25, 0.3) is 5.69 Å². The standard InChI is InChI=1S/C8H10N2O/c1-10(2)8(11)7-5-3-4-6-9-7/h3-6H,1-2H3/p+1. The monoisotopic (exact) mass is 151 g/mol. The van der Waals surface area contributed by atoms with Gasteiger partial charge in [-0.15, -0.1) is 0 Å². The van der Waals surface area contributed by atoms with Crippen LogP contribution in [0, 0.1) is 0 Å². The van der Waals surface area contributed by atoms with Crippen LogP contribution in [0.2, 0.25) is 0 Å². The first kappa shape index (κ1) is 7.72. The van der Waals surface area contributed by atoms with Gasteiger partial charge in [0.15, 0.2) is 6.20 Å². The average Bonchev–Trinajstić information content (AvgIpc) is 2.05. The smallest absolute Gasteiger partial charge is 0.318 e. The molecule has 0 aliphatic heterocycles. The van der Waals surface area contributed by atoms with Gasteiger partial charge in [0, 0.05) is 26.2 Å². The van der Waals surface area contributed by atoms with Gasteiger partial charge in [0.1, 0.15) is 0 Å². The molecule has 1 heterocycles. The third kappa shape index (κ3) is 1.77. The molecular weight excluding hydrogens is 140 g/mol. The highest BCUT2D eigenvalue weighted by atomic mass is 16.2. The fraction of sp³-hybridized carbons (Fsp3) is 0.250. The molecule has 58 valence electrons. The number of amides is 1. The number of rotatable bonds is 1. The summed E-state index contributed by atoms with van der Waals surface area (Å²) in [6, 6.07) is 5.42. The number of hydrogen-bond donors (Lipinski definition) is 0. The first-order chi connectivity index (χ1) is 5.22. The van der Waals surface area contributed by atoms with Gasteiger partial charge in [-0.05, 0) is 6.07 Å². The molecule has 0 unspecified atom stereocenters. The molecule has 0 spiro atoms. The summed E-state index contributed by atoms with van der Waals surface area (Å²) in [6.07, 6.45) is 1.73. The summed E-state index contributed by atoms with van der Waals surface area (Å²) in [5, 5.41) is 0. The highest BCUT2D eigenvalue weighted by molar-refractivity contribution is 5.90. The third-order valence-corrected chi connectivity index (χ3v) is 1.35. The van der Waals surface area contributed by atoms with E-state index in [9.17, 15) is 4.79 Å². The van der Waals surface area contributed by atoms with Crippen molar-refractivity contribution in [2.75, 3.05) is 14.1 Å². The van der Waals surface area contributed by atoms with Crippen LogP contribution in [0.1, 0.15) is 10.5 Å². The zero-order chi connectivity index (χ0) is 8.27. The second-order valence-electron chi connectivity index (χ2n) is 2.48. The van der Waals surface area contributed by atoms with Crippen molar-refractivity contribution < 1.29 is 9.78 Å². The Morgan fingerprint density at radius 1 is 1.45 bits per heavy atom. The van der Waals surface area contributed by atoms with Gasteiger partial charge >= 0.3 is 5.91 Å². The van der Waals surface area contributed by atoms with Crippen molar-refractivity contribution in [3.05, 3.63) is 30.1 Å². The van der Waals surface area contributed by atoms with Gasteiger partial charge in [-0.25, -0.2) is 4.98 Å². The number of carbonyl (C=O) groups excluding carboxylic acids is 1. The predicted octanol–water partition coefficient (Wildman–Crippen LogP) is 0.202. The highest BCUT2D eigenvalue weighted by Crippen LogP contribution is 1.91. The van der Waals surface area contributed by atoms with Gasteiger partial charge in [-0.2, -0.15) is 0 Å². The van der Waals surface area contributed by atoms with Gasteiger partial charge < -0.3 is 4.90 Å². The van der Waals surface area contributed by atoms with E-state index in [0.717, 1.165) is 0 Å². The van der Waals surface area contributed by atoms with E-state index < -0.39 is 0 Å². The minimum Gasteiger partial charge on any atom is -0.340 e. The number of aromatic nitrogens is 1. The summed E-state index contributed by atoms with van der Waals surface area (Å²) >= 11 is 0.